The summed E-state index contributed by atoms with van der Waals surface area (Å²) in [7, 11) is 0. The van der Waals surface area contributed by atoms with Crippen molar-refractivity contribution in [2.45, 2.75) is 52.6 Å². The number of nitrogens with one attached hydrogen (secondary N) is 2. The van der Waals surface area contributed by atoms with Gasteiger partial charge in [-0.2, -0.15) is 0 Å². The topological polar surface area (TPSA) is 115 Å². The summed E-state index contributed by atoms with van der Waals surface area (Å²) >= 11 is 0. The number of benzene rings is 2. The Morgan fingerprint density at radius 3 is 1.48 bits per heavy atom. The second-order valence-electron chi connectivity index (χ2n) is 11.9. The van der Waals surface area contributed by atoms with Crippen LogP contribution in [-0.4, -0.2) is 115 Å². The van der Waals surface area contributed by atoms with E-state index in [1.54, 1.807) is 9.80 Å². The fourth-order valence-corrected chi connectivity index (χ4v) is 5.34. The molecule has 0 aliphatic carbocycles. The zero-order chi connectivity index (χ0) is 33.3. The van der Waals surface area contributed by atoms with E-state index in [1.165, 1.54) is 6.92 Å². The highest BCUT2D eigenvalue weighted by atomic mass is 16.6. The van der Waals surface area contributed by atoms with E-state index in [-0.39, 0.29) is 42.9 Å². The molecule has 2 N–H and O–H groups in total. The quantitative estimate of drug-likeness (QED) is 0.363. The molecule has 0 unspecified atom stereocenters. The lowest BCUT2D eigenvalue weighted by atomic mass is 10.1. The molecule has 1 fully saturated rings. The fraction of sp³-hybridized carbons (Fsp3) is 0.543. The lowest BCUT2D eigenvalue weighted by Crippen LogP contribution is -2.51. The van der Waals surface area contributed by atoms with E-state index in [0.29, 0.717) is 59.0 Å². The van der Waals surface area contributed by atoms with Gasteiger partial charge in [-0.25, -0.2) is 4.79 Å². The molecule has 0 radical (unpaired) electrons. The molecule has 1 saturated heterocycles. The van der Waals surface area contributed by atoms with E-state index in [2.05, 4.69) is 10.6 Å². The van der Waals surface area contributed by atoms with Crippen LogP contribution in [0.5, 0.6) is 0 Å². The Kier molecular flexibility index (Phi) is 15.5. The molecule has 0 saturated carbocycles. The molecule has 0 spiro atoms. The van der Waals surface area contributed by atoms with Gasteiger partial charge < -0.3 is 25.2 Å². The van der Waals surface area contributed by atoms with Crippen LogP contribution in [0.1, 0.15) is 63.7 Å². The summed E-state index contributed by atoms with van der Waals surface area (Å²) in [6, 6.07) is 19.2. The second kappa shape index (κ2) is 19.5. The number of carbonyl (C=O) groups is 4. The van der Waals surface area contributed by atoms with Crippen LogP contribution in [0, 0.1) is 0 Å². The first-order valence-electron chi connectivity index (χ1n) is 16.5. The third-order valence-electron chi connectivity index (χ3n) is 8.26. The van der Waals surface area contributed by atoms with Gasteiger partial charge in [-0.05, 0) is 31.4 Å². The molecule has 2 aromatic rings. The van der Waals surface area contributed by atoms with Gasteiger partial charge >= 0.3 is 6.09 Å². The molecule has 0 aromatic heterocycles. The van der Waals surface area contributed by atoms with Gasteiger partial charge in [0, 0.05) is 59.3 Å². The van der Waals surface area contributed by atoms with E-state index in [4.69, 9.17) is 4.74 Å². The molecule has 2 aromatic carbocycles. The average Bonchev–Trinajstić information content (AvgIpc) is 3.04. The molecule has 11 nitrogen and oxygen atoms in total. The van der Waals surface area contributed by atoms with Crippen LogP contribution in [0.3, 0.4) is 0 Å². The minimum Gasteiger partial charge on any atom is -0.449 e. The third kappa shape index (κ3) is 12.8. The largest absolute Gasteiger partial charge is 0.449 e. The minimum atomic E-state index is -0.403. The van der Waals surface area contributed by atoms with Gasteiger partial charge in [-0.1, -0.05) is 74.0 Å². The Balaban J connectivity index is 1.70. The Bertz CT molecular complexity index is 1150. The molecule has 4 amide bonds. The van der Waals surface area contributed by atoms with Crippen molar-refractivity contribution in [1.29, 1.82) is 0 Å². The first-order chi connectivity index (χ1) is 22.2. The van der Waals surface area contributed by atoms with E-state index < -0.39 is 6.09 Å². The van der Waals surface area contributed by atoms with E-state index in [9.17, 15) is 19.2 Å². The fourth-order valence-electron chi connectivity index (χ4n) is 5.34. The molecule has 2 atom stereocenters. The van der Waals surface area contributed by atoms with Gasteiger partial charge in [0.05, 0.1) is 31.8 Å². The Morgan fingerprint density at radius 2 is 1.09 bits per heavy atom. The molecule has 252 valence electrons. The Labute approximate surface area is 274 Å². The average molecular weight is 637 g/mol. The van der Waals surface area contributed by atoms with Crippen molar-refractivity contribution in [3.05, 3.63) is 71.8 Å². The van der Waals surface area contributed by atoms with Gasteiger partial charge in [0.1, 0.15) is 0 Å². The first kappa shape index (κ1) is 36.5. The van der Waals surface area contributed by atoms with E-state index >= 15 is 0 Å². The molecule has 11 heteroatoms. The van der Waals surface area contributed by atoms with Crippen molar-refractivity contribution in [2.75, 3.05) is 72.1 Å². The molecule has 0 bridgehead atoms. The Morgan fingerprint density at radius 1 is 0.674 bits per heavy atom. The lowest BCUT2D eigenvalue weighted by molar-refractivity contribution is -0.129. The van der Waals surface area contributed by atoms with Gasteiger partial charge in [0.25, 0.3) is 0 Å². The monoisotopic (exact) mass is 636 g/mol. The molecule has 3 rings (SSSR count). The van der Waals surface area contributed by atoms with Gasteiger partial charge in [-0.15, -0.1) is 0 Å². The second-order valence-corrected chi connectivity index (χ2v) is 11.9. The van der Waals surface area contributed by atoms with Crippen molar-refractivity contribution in [1.82, 2.24) is 30.2 Å². The van der Waals surface area contributed by atoms with Crippen LogP contribution >= 0.6 is 0 Å². The highest BCUT2D eigenvalue weighted by Gasteiger charge is 2.24. The number of amides is 4. The zero-order valence-corrected chi connectivity index (χ0v) is 28.0. The summed E-state index contributed by atoms with van der Waals surface area (Å²) in [4.78, 5) is 59.3. The van der Waals surface area contributed by atoms with Crippen LogP contribution < -0.4 is 10.6 Å². The Hall–Kier alpha value is -3.96. The summed E-state index contributed by atoms with van der Waals surface area (Å²) in [6.45, 7) is 11.4. The smallest absolute Gasteiger partial charge is 0.409 e. The number of ether oxygens (including phenoxy) is 1. The molecular weight excluding hydrogens is 584 g/mol. The highest BCUT2D eigenvalue weighted by Crippen LogP contribution is 2.12. The first-order valence-corrected chi connectivity index (χ1v) is 16.5. The number of hydrogen-bond acceptors (Lipinski definition) is 7. The zero-order valence-electron chi connectivity index (χ0n) is 28.0. The van der Waals surface area contributed by atoms with Gasteiger partial charge in [0.15, 0.2) is 0 Å². The molecule has 1 aliphatic rings. The van der Waals surface area contributed by atoms with Crippen LogP contribution in [0.2, 0.25) is 0 Å². The molecule has 46 heavy (non-hydrogen) atoms. The number of unbranched alkanes of at least 4 members (excludes halogenated alkanes) is 1. The number of nitrogens with zero attached hydrogens (tertiary/aromatic N) is 4. The van der Waals surface area contributed by atoms with E-state index in [0.717, 1.165) is 24.0 Å². The maximum absolute atomic E-state index is 13.1. The predicted octanol–water partition coefficient (Wildman–Crippen LogP) is 3.45. The molecule has 1 aliphatic heterocycles. The van der Waals surface area contributed by atoms with Crippen LogP contribution in [-0.2, 0) is 19.1 Å². The van der Waals surface area contributed by atoms with Gasteiger partial charge in [0.2, 0.25) is 17.7 Å². The number of rotatable bonds is 11. The maximum Gasteiger partial charge on any atom is 0.409 e. The predicted molar refractivity (Wildman–Crippen MR) is 179 cm³/mol. The summed E-state index contributed by atoms with van der Waals surface area (Å²) in [5.41, 5.74) is 2.03. The van der Waals surface area contributed by atoms with Crippen molar-refractivity contribution >= 4 is 23.8 Å². The minimum absolute atomic E-state index is 0.0672. The van der Waals surface area contributed by atoms with Crippen molar-refractivity contribution in [3.8, 4) is 0 Å². The summed E-state index contributed by atoms with van der Waals surface area (Å²) in [5, 5.41) is 6.14. The summed E-state index contributed by atoms with van der Waals surface area (Å²) in [5.74, 6) is -0.323. The lowest BCUT2D eigenvalue weighted by Gasteiger charge is -2.33. The standard InChI is InChI=1S/C35H52N6O5/c1-5-6-25-46-35(45)41-23-19-38(26-33(43)36-28(2)31-13-9-7-10-14-31)17-21-40(30(4)42)22-18-39(20-24-41)27-34(44)37-29(3)32-15-11-8-12-16-32/h7-16,28-29H,5-6,17-27H2,1-4H3,(H,36,43)(H,37,44)/t28-,29-/m0/s1. The molecular formula is C35H52N6O5. The number of carbonyl (C=O) groups excluding carboxylic acids is 4. The van der Waals surface area contributed by atoms with Crippen molar-refractivity contribution in [2.24, 2.45) is 0 Å². The summed E-state index contributed by atoms with van der Waals surface area (Å²) in [6.07, 6.45) is 1.28. The normalized spacial score (nSPS) is 16.8. The third-order valence-corrected chi connectivity index (χ3v) is 8.26. The summed E-state index contributed by atoms with van der Waals surface area (Å²) < 4.78 is 5.57. The number of hydrogen-bond donors (Lipinski definition) is 2. The van der Waals surface area contributed by atoms with Crippen LogP contribution in [0.25, 0.3) is 0 Å². The molecule has 1 heterocycles. The maximum atomic E-state index is 13.1. The van der Waals surface area contributed by atoms with E-state index in [1.807, 2.05) is 91.2 Å². The van der Waals surface area contributed by atoms with Gasteiger partial charge in [-0.3, -0.25) is 24.2 Å². The van der Waals surface area contributed by atoms with Crippen molar-refractivity contribution in [3.63, 3.8) is 0 Å². The van der Waals surface area contributed by atoms with Crippen LogP contribution in [0.15, 0.2) is 60.7 Å². The van der Waals surface area contributed by atoms with Crippen molar-refractivity contribution < 1.29 is 23.9 Å². The highest BCUT2D eigenvalue weighted by molar-refractivity contribution is 5.79. The SMILES string of the molecule is CCCCOC(=O)N1CCN(CC(=O)N[C@@H](C)c2ccccc2)CCN(C(C)=O)CCN(CC(=O)N[C@@H](C)c2ccccc2)CC1. The van der Waals surface area contributed by atoms with Crippen LogP contribution in [0.4, 0.5) is 4.79 Å².